The third-order valence-electron chi connectivity index (χ3n) is 2.94. The van der Waals surface area contributed by atoms with Crippen molar-refractivity contribution in [2.24, 2.45) is 5.73 Å². The van der Waals surface area contributed by atoms with E-state index in [1.807, 2.05) is 24.3 Å². The number of nitrogens with one attached hydrogen (secondary N) is 1. The van der Waals surface area contributed by atoms with Crippen LogP contribution in [0, 0.1) is 0 Å². The lowest BCUT2D eigenvalue weighted by Gasteiger charge is -2.31. The molecule has 1 aliphatic rings. The molecule has 1 heterocycles. The predicted molar refractivity (Wildman–Crippen MR) is 69.7 cm³/mol. The quantitative estimate of drug-likeness (QED) is 0.876. The van der Waals surface area contributed by atoms with Crippen LogP contribution in [0.25, 0.3) is 0 Å². The molecule has 0 atom stereocenters. The van der Waals surface area contributed by atoms with Gasteiger partial charge in [0.15, 0.2) is 0 Å². The molecular formula is C12H15BrN2O2. The Bertz CT molecular complexity index is 399. The van der Waals surface area contributed by atoms with Crippen LogP contribution < -0.4 is 11.1 Å². The highest BCUT2D eigenvalue weighted by molar-refractivity contribution is 9.10. The molecular weight excluding hydrogens is 284 g/mol. The van der Waals surface area contributed by atoms with E-state index >= 15 is 0 Å². The van der Waals surface area contributed by atoms with E-state index in [9.17, 15) is 4.79 Å². The summed E-state index contributed by atoms with van der Waals surface area (Å²) in [6.07, 6.45) is 1.13. The SMILES string of the molecule is NC1(C(=O)Nc2ccc(Br)cc2)CCOCC1. The summed E-state index contributed by atoms with van der Waals surface area (Å²) >= 11 is 3.34. The summed E-state index contributed by atoms with van der Waals surface area (Å²) in [6.45, 7) is 1.09. The van der Waals surface area contributed by atoms with Crippen LogP contribution in [0.3, 0.4) is 0 Å². The summed E-state index contributed by atoms with van der Waals surface area (Å²) in [5, 5.41) is 2.84. The van der Waals surface area contributed by atoms with E-state index in [1.165, 1.54) is 0 Å². The maximum atomic E-state index is 12.1. The van der Waals surface area contributed by atoms with Crippen molar-refractivity contribution in [1.82, 2.24) is 0 Å². The summed E-state index contributed by atoms with van der Waals surface area (Å²) < 4.78 is 6.19. The number of benzene rings is 1. The first-order chi connectivity index (χ1) is 8.10. The number of rotatable bonds is 2. The third kappa shape index (κ3) is 3.06. The number of amides is 1. The van der Waals surface area contributed by atoms with Gasteiger partial charge in [0, 0.05) is 23.4 Å². The van der Waals surface area contributed by atoms with Crippen molar-refractivity contribution in [2.45, 2.75) is 18.4 Å². The molecule has 0 aromatic heterocycles. The third-order valence-corrected chi connectivity index (χ3v) is 3.47. The predicted octanol–water partition coefficient (Wildman–Crippen LogP) is 1.90. The van der Waals surface area contributed by atoms with Crippen molar-refractivity contribution in [1.29, 1.82) is 0 Å². The zero-order valence-electron chi connectivity index (χ0n) is 9.41. The van der Waals surface area contributed by atoms with Crippen molar-refractivity contribution in [2.75, 3.05) is 18.5 Å². The Morgan fingerprint density at radius 3 is 2.47 bits per heavy atom. The van der Waals surface area contributed by atoms with Gasteiger partial charge in [-0.05, 0) is 37.1 Å². The lowest BCUT2D eigenvalue weighted by Crippen LogP contribution is -2.54. The van der Waals surface area contributed by atoms with Crippen LogP contribution in [0.2, 0.25) is 0 Å². The molecule has 0 spiro atoms. The molecule has 0 radical (unpaired) electrons. The first-order valence-electron chi connectivity index (χ1n) is 5.54. The van der Waals surface area contributed by atoms with Gasteiger partial charge in [-0.2, -0.15) is 0 Å². The molecule has 2 rings (SSSR count). The van der Waals surface area contributed by atoms with E-state index in [2.05, 4.69) is 21.2 Å². The summed E-state index contributed by atoms with van der Waals surface area (Å²) in [5.41, 5.74) is 6.04. The number of halogens is 1. The number of hydrogen-bond donors (Lipinski definition) is 2. The maximum absolute atomic E-state index is 12.1. The summed E-state index contributed by atoms with van der Waals surface area (Å²) in [7, 11) is 0. The molecule has 92 valence electrons. The molecule has 0 bridgehead atoms. The Balaban J connectivity index is 2.03. The highest BCUT2D eigenvalue weighted by atomic mass is 79.9. The molecule has 0 aliphatic carbocycles. The number of ether oxygens (including phenoxy) is 1. The first kappa shape index (κ1) is 12.5. The fraction of sp³-hybridized carbons (Fsp3) is 0.417. The maximum Gasteiger partial charge on any atom is 0.244 e. The molecule has 0 unspecified atom stereocenters. The molecule has 5 heteroatoms. The average molecular weight is 299 g/mol. The number of carbonyl (C=O) groups excluding carboxylic acids is 1. The molecule has 1 aromatic carbocycles. The van der Waals surface area contributed by atoms with E-state index in [-0.39, 0.29) is 5.91 Å². The fourth-order valence-electron chi connectivity index (χ4n) is 1.75. The molecule has 3 N–H and O–H groups in total. The van der Waals surface area contributed by atoms with Gasteiger partial charge in [-0.1, -0.05) is 15.9 Å². The van der Waals surface area contributed by atoms with Crippen LogP contribution in [0.1, 0.15) is 12.8 Å². The van der Waals surface area contributed by atoms with Gasteiger partial charge >= 0.3 is 0 Å². The van der Waals surface area contributed by atoms with Crippen LogP contribution >= 0.6 is 15.9 Å². The Morgan fingerprint density at radius 1 is 1.29 bits per heavy atom. The summed E-state index contributed by atoms with van der Waals surface area (Å²) in [4.78, 5) is 12.1. The van der Waals surface area contributed by atoms with E-state index in [1.54, 1.807) is 0 Å². The fourth-order valence-corrected chi connectivity index (χ4v) is 2.02. The number of nitrogens with two attached hydrogens (primary N) is 1. The van der Waals surface area contributed by atoms with Crippen molar-refractivity contribution in [3.63, 3.8) is 0 Å². The van der Waals surface area contributed by atoms with E-state index in [0.717, 1.165) is 10.2 Å². The van der Waals surface area contributed by atoms with Gasteiger partial charge in [0.05, 0.1) is 0 Å². The van der Waals surface area contributed by atoms with Crippen molar-refractivity contribution < 1.29 is 9.53 Å². The zero-order chi connectivity index (χ0) is 12.3. The smallest absolute Gasteiger partial charge is 0.244 e. The molecule has 1 saturated heterocycles. The standard InChI is InChI=1S/C12H15BrN2O2/c13-9-1-3-10(4-2-9)15-11(16)12(14)5-7-17-8-6-12/h1-4H,5-8,14H2,(H,15,16). The Kier molecular flexibility index (Phi) is 3.81. The van der Waals surface area contributed by atoms with E-state index < -0.39 is 5.54 Å². The van der Waals surface area contributed by atoms with Crippen LogP contribution in [0.5, 0.6) is 0 Å². The molecule has 17 heavy (non-hydrogen) atoms. The average Bonchev–Trinajstić information content (AvgIpc) is 2.33. The topological polar surface area (TPSA) is 64.4 Å². The van der Waals surface area contributed by atoms with Crippen LogP contribution in [0.4, 0.5) is 5.69 Å². The van der Waals surface area contributed by atoms with E-state index in [4.69, 9.17) is 10.5 Å². The van der Waals surface area contributed by atoms with Gasteiger partial charge in [-0.3, -0.25) is 4.79 Å². The van der Waals surface area contributed by atoms with Crippen molar-refractivity contribution >= 4 is 27.5 Å². The zero-order valence-corrected chi connectivity index (χ0v) is 11.0. The second-order valence-corrected chi connectivity index (χ2v) is 5.15. The largest absolute Gasteiger partial charge is 0.381 e. The monoisotopic (exact) mass is 298 g/mol. The van der Waals surface area contributed by atoms with Crippen LogP contribution in [-0.2, 0) is 9.53 Å². The second kappa shape index (κ2) is 5.16. The van der Waals surface area contributed by atoms with Gasteiger partial charge < -0.3 is 15.8 Å². The molecule has 0 saturated carbocycles. The van der Waals surface area contributed by atoms with Gasteiger partial charge in [-0.25, -0.2) is 0 Å². The Hall–Kier alpha value is -0.910. The Labute approximate surface area is 109 Å². The van der Waals surface area contributed by atoms with E-state index in [0.29, 0.717) is 26.1 Å². The summed E-state index contributed by atoms with van der Waals surface area (Å²) in [6, 6.07) is 7.43. The molecule has 1 aliphatic heterocycles. The normalized spacial score (nSPS) is 18.7. The molecule has 4 nitrogen and oxygen atoms in total. The molecule has 1 amide bonds. The van der Waals surface area contributed by atoms with Crippen LogP contribution in [0.15, 0.2) is 28.7 Å². The van der Waals surface area contributed by atoms with Gasteiger partial charge in [0.1, 0.15) is 5.54 Å². The lowest BCUT2D eigenvalue weighted by atomic mass is 9.90. The number of hydrogen-bond acceptors (Lipinski definition) is 3. The number of anilines is 1. The lowest BCUT2D eigenvalue weighted by molar-refractivity contribution is -0.124. The van der Waals surface area contributed by atoms with Crippen LogP contribution in [-0.4, -0.2) is 24.7 Å². The minimum atomic E-state index is -0.800. The summed E-state index contributed by atoms with van der Waals surface area (Å²) in [5.74, 6) is -0.136. The highest BCUT2D eigenvalue weighted by Crippen LogP contribution is 2.21. The van der Waals surface area contributed by atoms with Crippen molar-refractivity contribution in [3.05, 3.63) is 28.7 Å². The Morgan fingerprint density at radius 2 is 1.88 bits per heavy atom. The van der Waals surface area contributed by atoms with Gasteiger partial charge in [-0.15, -0.1) is 0 Å². The highest BCUT2D eigenvalue weighted by Gasteiger charge is 2.35. The number of carbonyl (C=O) groups is 1. The van der Waals surface area contributed by atoms with Gasteiger partial charge in [0.2, 0.25) is 5.91 Å². The van der Waals surface area contributed by atoms with Gasteiger partial charge in [0.25, 0.3) is 0 Å². The molecule has 1 aromatic rings. The minimum Gasteiger partial charge on any atom is -0.381 e. The first-order valence-corrected chi connectivity index (χ1v) is 6.33. The van der Waals surface area contributed by atoms with Crippen molar-refractivity contribution in [3.8, 4) is 0 Å². The second-order valence-electron chi connectivity index (χ2n) is 4.23. The minimum absolute atomic E-state index is 0.136. The molecule has 1 fully saturated rings.